The van der Waals surface area contributed by atoms with Crippen molar-refractivity contribution in [3.63, 3.8) is 0 Å². The fourth-order valence-electron chi connectivity index (χ4n) is 1.13. The zero-order chi connectivity index (χ0) is 10.7. The van der Waals surface area contributed by atoms with E-state index in [9.17, 15) is 8.78 Å². The van der Waals surface area contributed by atoms with E-state index >= 15 is 0 Å². The van der Waals surface area contributed by atoms with Crippen LogP contribution in [0, 0.1) is 25.5 Å². The van der Waals surface area contributed by atoms with Crippen molar-refractivity contribution in [1.82, 2.24) is 0 Å². The number of rotatable bonds is 3. The Morgan fingerprint density at radius 1 is 1.21 bits per heavy atom. The molecule has 0 bridgehead atoms. The summed E-state index contributed by atoms with van der Waals surface area (Å²) in [5.74, 6) is -1.69. The molecule has 0 unspecified atom stereocenters. The van der Waals surface area contributed by atoms with Crippen molar-refractivity contribution in [3.8, 4) is 5.75 Å². The van der Waals surface area contributed by atoms with Crippen LogP contribution in [-0.4, -0.2) is 6.61 Å². The third-order valence-corrected chi connectivity index (χ3v) is 2.14. The van der Waals surface area contributed by atoms with Gasteiger partial charge in [0.05, 0.1) is 6.61 Å². The third-order valence-electron chi connectivity index (χ3n) is 2.14. The topological polar surface area (TPSA) is 9.23 Å². The van der Waals surface area contributed by atoms with E-state index in [0.717, 1.165) is 6.42 Å². The van der Waals surface area contributed by atoms with Crippen LogP contribution in [0.25, 0.3) is 0 Å². The molecule has 0 amide bonds. The Hall–Kier alpha value is -1.12. The molecule has 0 N–H and O–H groups in total. The van der Waals surface area contributed by atoms with Gasteiger partial charge in [-0.05, 0) is 37.5 Å². The Morgan fingerprint density at radius 2 is 1.86 bits per heavy atom. The first-order valence-corrected chi connectivity index (χ1v) is 4.66. The molecule has 3 heteroatoms. The molecule has 0 aliphatic rings. The molecule has 0 saturated carbocycles. The van der Waals surface area contributed by atoms with Gasteiger partial charge in [0.25, 0.3) is 0 Å². The Balaban J connectivity index is 3.06. The van der Waals surface area contributed by atoms with Crippen LogP contribution in [0.4, 0.5) is 8.78 Å². The molecule has 1 aromatic rings. The fourth-order valence-corrected chi connectivity index (χ4v) is 1.13. The standard InChI is InChI=1S/C11H14F2O/c1-4-5-14-9-6-7(2)8(3)10(12)11(9)13/h6H,4-5H2,1-3H3. The number of hydrogen-bond acceptors (Lipinski definition) is 1. The van der Waals surface area contributed by atoms with Crippen molar-refractivity contribution in [2.45, 2.75) is 27.2 Å². The van der Waals surface area contributed by atoms with E-state index in [4.69, 9.17) is 4.74 Å². The first kappa shape index (κ1) is 11.0. The molecule has 0 heterocycles. The van der Waals surface area contributed by atoms with Crippen molar-refractivity contribution >= 4 is 0 Å². The Labute approximate surface area is 82.7 Å². The summed E-state index contributed by atoms with van der Waals surface area (Å²) < 4.78 is 31.6. The molecule has 0 atom stereocenters. The second-order valence-corrected chi connectivity index (χ2v) is 3.29. The SMILES string of the molecule is CCCOc1cc(C)c(C)c(F)c1F. The van der Waals surface area contributed by atoms with Crippen molar-refractivity contribution in [3.05, 3.63) is 28.8 Å². The van der Waals surface area contributed by atoms with Gasteiger partial charge >= 0.3 is 0 Å². The smallest absolute Gasteiger partial charge is 0.200 e. The third kappa shape index (κ3) is 2.03. The predicted octanol–water partition coefficient (Wildman–Crippen LogP) is 3.37. The number of halogens is 2. The molecular weight excluding hydrogens is 186 g/mol. The average Bonchev–Trinajstić information content (AvgIpc) is 2.18. The van der Waals surface area contributed by atoms with Gasteiger partial charge in [-0.2, -0.15) is 4.39 Å². The van der Waals surface area contributed by atoms with Crippen LogP contribution < -0.4 is 4.74 Å². The molecule has 1 rings (SSSR count). The molecule has 0 aromatic heterocycles. The maximum atomic E-state index is 13.3. The maximum Gasteiger partial charge on any atom is 0.200 e. The summed E-state index contributed by atoms with van der Waals surface area (Å²) in [5, 5.41) is 0. The lowest BCUT2D eigenvalue weighted by Gasteiger charge is -2.09. The largest absolute Gasteiger partial charge is 0.490 e. The monoisotopic (exact) mass is 200 g/mol. The highest BCUT2D eigenvalue weighted by molar-refractivity contribution is 5.36. The van der Waals surface area contributed by atoms with E-state index in [0.29, 0.717) is 17.7 Å². The van der Waals surface area contributed by atoms with Gasteiger partial charge in [0, 0.05) is 0 Å². The number of hydrogen-bond donors (Lipinski definition) is 0. The Bertz CT molecular complexity index is 335. The van der Waals surface area contributed by atoms with Crippen LogP contribution in [0.3, 0.4) is 0 Å². The summed E-state index contributed by atoms with van der Waals surface area (Å²) in [6, 6.07) is 1.53. The molecule has 1 aromatic carbocycles. The number of ether oxygens (including phenoxy) is 1. The van der Waals surface area contributed by atoms with Gasteiger partial charge in [-0.1, -0.05) is 6.92 Å². The van der Waals surface area contributed by atoms with Crippen molar-refractivity contribution in [2.24, 2.45) is 0 Å². The molecule has 0 saturated heterocycles. The molecule has 0 radical (unpaired) electrons. The Morgan fingerprint density at radius 3 is 2.43 bits per heavy atom. The Kier molecular flexibility index (Phi) is 3.44. The van der Waals surface area contributed by atoms with E-state index in [1.165, 1.54) is 6.07 Å². The average molecular weight is 200 g/mol. The quantitative estimate of drug-likeness (QED) is 0.726. The summed E-state index contributed by atoms with van der Waals surface area (Å²) in [6.45, 7) is 5.60. The first-order chi connectivity index (χ1) is 6.57. The summed E-state index contributed by atoms with van der Waals surface area (Å²) in [7, 11) is 0. The van der Waals surface area contributed by atoms with Crippen LogP contribution in [0.2, 0.25) is 0 Å². The van der Waals surface area contributed by atoms with Crippen LogP contribution in [0.15, 0.2) is 6.07 Å². The van der Waals surface area contributed by atoms with E-state index in [1.54, 1.807) is 13.8 Å². The molecule has 0 spiro atoms. The van der Waals surface area contributed by atoms with E-state index < -0.39 is 11.6 Å². The summed E-state index contributed by atoms with van der Waals surface area (Å²) in [6.07, 6.45) is 0.772. The molecule has 78 valence electrons. The van der Waals surface area contributed by atoms with E-state index in [-0.39, 0.29) is 5.75 Å². The summed E-state index contributed by atoms with van der Waals surface area (Å²) in [5.41, 5.74) is 1.04. The first-order valence-electron chi connectivity index (χ1n) is 4.66. The van der Waals surface area contributed by atoms with Gasteiger partial charge in [-0.15, -0.1) is 0 Å². The molecule has 1 nitrogen and oxygen atoms in total. The van der Waals surface area contributed by atoms with Crippen LogP contribution in [-0.2, 0) is 0 Å². The molecule has 0 aliphatic heterocycles. The highest BCUT2D eigenvalue weighted by Crippen LogP contribution is 2.25. The zero-order valence-corrected chi connectivity index (χ0v) is 8.66. The van der Waals surface area contributed by atoms with Crippen LogP contribution in [0.1, 0.15) is 24.5 Å². The van der Waals surface area contributed by atoms with E-state index in [2.05, 4.69) is 0 Å². The summed E-state index contributed by atoms with van der Waals surface area (Å²) in [4.78, 5) is 0. The fraction of sp³-hybridized carbons (Fsp3) is 0.455. The predicted molar refractivity (Wildman–Crippen MR) is 51.6 cm³/mol. The van der Waals surface area contributed by atoms with Crippen molar-refractivity contribution in [1.29, 1.82) is 0 Å². The van der Waals surface area contributed by atoms with Crippen LogP contribution in [0.5, 0.6) is 5.75 Å². The van der Waals surface area contributed by atoms with Gasteiger partial charge in [0.15, 0.2) is 11.6 Å². The van der Waals surface area contributed by atoms with Gasteiger partial charge in [-0.3, -0.25) is 0 Å². The highest BCUT2D eigenvalue weighted by atomic mass is 19.2. The van der Waals surface area contributed by atoms with Gasteiger partial charge in [0.2, 0.25) is 5.82 Å². The lowest BCUT2D eigenvalue weighted by molar-refractivity contribution is 0.294. The molecule has 14 heavy (non-hydrogen) atoms. The zero-order valence-electron chi connectivity index (χ0n) is 8.66. The van der Waals surface area contributed by atoms with Crippen molar-refractivity contribution in [2.75, 3.05) is 6.61 Å². The number of aryl methyl sites for hydroxylation is 1. The highest BCUT2D eigenvalue weighted by Gasteiger charge is 2.14. The van der Waals surface area contributed by atoms with Crippen LogP contribution >= 0.6 is 0 Å². The minimum absolute atomic E-state index is 0.00690. The number of benzene rings is 1. The van der Waals surface area contributed by atoms with Gasteiger partial charge < -0.3 is 4.74 Å². The molecular formula is C11H14F2O. The minimum atomic E-state index is -0.887. The van der Waals surface area contributed by atoms with Crippen molar-refractivity contribution < 1.29 is 13.5 Å². The second-order valence-electron chi connectivity index (χ2n) is 3.29. The van der Waals surface area contributed by atoms with E-state index in [1.807, 2.05) is 6.92 Å². The van der Waals surface area contributed by atoms with Gasteiger partial charge in [0.1, 0.15) is 0 Å². The lowest BCUT2D eigenvalue weighted by atomic mass is 10.1. The molecule has 0 fully saturated rings. The second kappa shape index (κ2) is 4.40. The normalized spacial score (nSPS) is 10.4. The maximum absolute atomic E-state index is 13.3. The van der Waals surface area contributed by atoms with Gasteiger partial charge in [-0.25, -0.2) is 4.39 Å². The summed E-state index contributed by atoms with van der Waals surface area (Å²) >= 11 is 0. The minimum Gasteiger partial charge on any atom is -0.490 e. The lowest BCUT2D eigenvalue weighted by Crippen LogP contribution is -2.02. The molecule has 0 aliphatic carbocycles.